The molecule has 0 radical (unpaired) electrons. The molecule has 0 bridgehead atoms. The zero-order chi connectivity index (χ0) is 12.1. The highest BCUT2D eigenvalue weighted by molar-refractivity contribution is 7.80. The fourth-order valence-corrected chi connectivity index (χ4v) is 2.04. The first-order chi connectivity index (χ1) is 7.54. The van der Waals surface area contributed by atoms with E-state index in [1.165, 1.54) is 0 Å². The van der Waals surface area contributed by atoms with Crippen molar-refractivity contribution < 1.29 is 4.79 Å². The lowest BCUT2D eigenvalue weighted by Gasteiger charge is -2.12. The van der Waals surface area contributed by atoms with Gasteiger partial charge in [0.05, 0.1) is 10.9 Å². The number of thiocarbonyl (C=S) groups is 1. The number of rotatable bonds is 5. The molecule has 0 aliphatic carbocycles. The van der Waals surface area contributed by atoms with Crippen LogP contribution in [0.15, 0.2) is 0 Å². The molecule has 1 amide bonds. The Balaban J connectivity index is 2.65. The van der Waals surface area contributed by atoms with Crippen LogP contribution in [0.5, 0.6) is 0 Å². The molecule has 0 aliphatic heterocycles. The normalized spacial score (nSPS) is 12.1. The SMILES string of the molecule is CCCC(C(=O)Nc1nc(C)ns1)C(N)=S. The van der Waals surface area contributed by atoms with Gasteiger partial charge in [0.2, 0.25) is 11.0 Å². The van der Waals surface area contributed by atoms with Crippen LogP contribution < -0.4 is 11.1 Å². The summed E-state index contributed by atoms with van der Waals surface area (Å²) < 4.78 is 3.97. The van der Waals surface area contributed by atoms with E-state index in [-0.39, 0.29) is 10.9 Å². The molecule has 0 aromatic carbocycles. The minimum atomic E-state index is -0.427. The Morgan fingerprint density at radius 3 is 2.81 bits per heavy atom. The molecule has 88 valence electrons. The number of carbonyl (C=O) groups excluding carboxylic acids is 1. The summed E-state index contributed by atoms with van der Waals surface area (Å²) in [6.45, 7) is 3.75. The van der Waals surface area contributed by atoms with E-state index >= 15 is 0 Å². The Labute approximate surface area is 104 Å². The number of aryl methyl sites for hydroxylation is 1. The van der Waals surface area contributed by atoms with Crippen molar-refractivity contribution in [1.29, 1.82) is 0 Å². The van der Waals surface area contributed by atoms with Crippen molar-refractivity contribution in [2.45, 2.75) is 26.7 Å². The van der Waals surface area contributed by atoms with Gasteiger partial charge in [-0.2, -0.15) is 4.37 Å². The van der Waals surface area contributed by atoms with Crippen LogP contribution in [0.25, 0.3) is 0 Å². The number of hydrogen-bond donors (Lipinski definition) is 2. The molecule has 3 N–H and O–H groups in total. The zero-order valence-electron chi connectivity index (χ0n) is 9.19. The van der Waals surface area contributed by atoms with Gasteiger partial charge in [0.25, 0.3) is 0 Å². The van der Waals surface area contributed by atoms with Crippen molar-refractivity contribution in [2.75, 3.05) is 5.32 Å². The first kappa shape index (κ1) is 13.0. The number of nitrogens with one attached hydrogen (secondary N) is 1. The van der Waals surface area contributed by atoms with Crippen LogP contribution in [0.3, 0.4) is 0 Å². The van der Waals surface area contributed by atoms with Crippen LogP contribution in [0.1, 0.15) is 25.6 Å². The fourth-order valence-electron chi connectivity index (χ4n) is 1.23. The van der Waals surface area contributed by atoms with Crippen LogP contribution in [0.4, 0.5) is 5.13 Å². The monoisotopic (exact) mass is 258 g/mol. The third kappa shape index (κ3) is 3.49. The van der Waals surface area contributed by atoms with Crippen molar-refractivity contribution in [3.8, 4) is 0 Å². The Hall–Kier alpha value is -1.08. The van der Waals surface area contributed by atoms with Gasteiger partial charge < -0.3 is 11.1 Å². The van der Waals surface area contributed by atoms with E-state index in [1.807, 2.05) is 6.92 Å². The molecular weight excluding hydrogens is 244 g/mol. The van der Waals surface area contributed by atoms with E-state index in [2.05, 4.69) is 14.7 Å². The number of nitrogens with two attached hydrogens (primary N) is 1. The number of anilines is 1. The predicted octanol–water partition coefficient (Wildman–Crippen LogP) is 1.49. The highest BCUT2D eigenvalue weighted by Gasteiger charge is 2.21. The van der Waals surface area contributed by atoms with Gasteiger partial charge in [-0.1, -0.05) is 25.6 Å². The van der Waals surface area contributed by atoms with Gasteiger partial charge in [0, 0.05) is 11.5 Å². The summed E-state index contributed by atoms with van der Waals surface area (Å²) in [5.41, 5.74) is 5.52. The van der Waals surface area contributed by atoms with E-state index in [9.17, 15) is 4.79 Å². The molecule has 1 heterocycles. The van der Waals surface area contributed by atoms with Crippen LogP contribution in [0.2, 0.25) is 0 Å². The van der Waals surface area contributed by atoms with E-state index in [1.54, 1.807) is 6.92 Å². The number of hydrogen-bond acceptors (Lipinski definition) is 5. The molecule has 0 saturated heterocycles. The number of amides is 1. The quantitative estimate of drug-likeness (QED) is 0.782. The Morgan fingerprint density at radius 2 is 2.38 bits per heavy atom. The zero-order valence-corrected chi connectivity index (χ0v) is 10.8. The second kappa shape index (κ2) is 5.86. The molecule has 1 unspecified atom stereocenters. The second-order valence-electron chi connectivity index (χ2n) is 3.38. The van der Waals surface area contributed by atoms with Gasteiger partial charge in [-0.25, -0.2) is 4.98 Å². The highest BCUT2D eigenvalue weighted by atomic mass is 32.1. The molecule has 5 nitrogen and oxygen atoms in total. The minimum absolute atomic E-state index is 0.203. The molecule has 16 heavy (non-hydrogen) atoms. The Kier molecular flexibility index (Phi) is 4.75. The molecule has 0 aliphatic rings. The van der Waals surface area contributed by atoms with Crippen molar-refractivity contribution >= 4 is 39.8 Å². The third-order valence-electron chi connectivity index (χ3n) is 1.99. The lowest BCUT2D eigenvalue weighted by atomic mass is 10.0. The maximum absolute atomic E-state index is 11.8. The van der Waals surface area contributed by atoms with Gasteiger partial charge in [0.15, 0.2) is 0 Å². The van der Waals surface area contributed by atoms with Crippen molar-refractivity contribution in [3.63, 3.8) is 0 Å². The molecule has 7 heteroatoms. The smallest absolute Gasteiger partial charge is 0.236 e. The summed E-state index contributed by atoms with van der Waals surface area (Å²) in [5.74, 6) is 0.0115. The van der Waals surface area contributed by atoms with Crippen LogP contribution in [-0.2, 0) is 4.79 Å². The summed E-state index contributed by atoms with van der Waals surface area (Å²) in [4.78, 5) is 16.1. The average molecular weight is 258 g/mol. The minimum Gasteiger partial charge on any atom is -0.393 e. The summed E-state index contributed by atoms with van der Waals surface area (Å²) >= 11 is 6.01. The predicted molar refractivity (Wildman–Crippen MR) is 68.5 cm³/mol. The standard InChI is InChI=1S/C9H14N4OS2/c1-3-4-6(7(10)15)8(14)12-9-11-5(2)13-16-9/h6H,3-4H2,1-2H3,(H2,10,15)(H,11,12,13,14). The first-order valence-electron chi connectivity index (χ1n) is 4.95. The third-order valence-corrected chi connectivity index (χ3v) is 3.00. The molecule has 0 saturated carbocycles. The lowest BCUT2D eigenvalue weighted by Crippen LogP contribution is -2.33. The summed E-state index contributed by atoms with van der Waals surface area (Å²) in [5, 5.41) is 3.15. The van der Waals surface area contributed by atoms with Crippen LogP contribution >= 0.6 is 23.8 Å². The highest BCUT2D eigenvalue weighted by Crippen LogP contribution is 2.14. The number of carbonyl (C=O) groups is 1. The van der Waals surface area contributed by atoms with Gasteiger partial charge in [0.1, 0.15) is 5.82 Å². The molecule has 0 fully saturated rings. The summed E-state index contributed by atoms with van der Waals surface area (Å²) in [7, 11) is 0. The summed E-state index contributed by atoms with van der Waals surface area (Å²) in [6.07, 6.45) is 1.50. The molecule has 1 atom stereocenters. The van der Waals surface area contributed by atoms with Crippen molar-refractivity contribution in [2.24, 2.45) is 11.7 Å². The van der Waals surface area contributed by atoms with E-state index in [0.717, 1.165) is 18.0 Å². The topological polar surface area (TPSA) is 80.9 Å². The van der Waals surface area contributed by atoms with E-state index in [4.69, 9.17) is 18.0 Å². The fraction of sp³-hybridized carbons (Fsp3) is 0.556. The van der Waals surface area contributed by atoms with Crippen LogP contribution in [-0.4, -0.2) is 20.3 Å². The van der Waals surface area contributed by atoms with E-state index in [0.29, 0.717) is 17.4 Å². The number of aromatic nitrogens is 2. The molecule has 0 spiro atoms. The first-order valence-corrected chi connectivity index (χ1v) is 6.13. The average Bonchev–Trinajstić information content (AvgIpc) is 2.59. The van der Waals surface area contributed by atoms with E-state index < -0.39 is 5.92 Å². The van der Waals surface area contributed by atoms with Gasteiger partial charge >= 0.3 is 0 Å². The maximum atomic E-state index is 11.8. The van der Waals surface area contributed by atoms with Gasteiger partial charge in [-0.05, 0) is 13.3 Å². The van der Waals surface area contributed by atoms with Gasteiger partial charge in [-0.15, -0.1) is 0 Å². The number of nitrogens with zero attached hydrogens (tertiary/aromatic N) is 2. The Bertz CT molecular complexity index is 391. The molecular formula is C9H14N4OS2. The Morgan fingerprint density at radius 1 is 1.69 bits per heavy atom. The lowest BCUT2D eigenvalue weighted by molar-refractivity contribution is -0.118. The van der Waals surface area contributed by atoms with Crippen molar-refractivity contribution in [1.82, 2.24) is 9.36 Å². The molecule has 1 aromatic rings. The second-order valence-corrected chi connectivity index (χ2v) is 4.60. The van der Waals surface area contributed by atoms with Gasteiger partial charge in [-0.3, -0.25) is 4.79 Å². The van der Waals surface area contributed by atoms with Crippen LogP contribution in [0, 0.1) is 12.8 Å². The van der Waals surface area contributed by atoms with Crippen molar-refractivity contribution in [3.05, 3.63) is 5.82 Å². The molecule has 1 aromatic heterocycles. The summed E-state index contributed by atoms with van der Waals surface area (Å²) in [6, 6.07) is 0. The molecule has 1 rings (SSSR count). The maximum Gasteiger partial charge on any atom is 0.236 e. The largest absolute Gasteiger partial charge is 0.393 e.